The van der Waals surface area contributed by atoms with Crippen molar-refractivity contribution in [3.63, 3.8) is 0 Å². The molecule has 0 spiro atoms. The zero-order valence-corrected chi connectivity index (χ0v) is 16.6. The second-order valence-electron chi connectivity index (χ2n) is 7.95. The summed E-state index contributed by atoms with van der Waals surface area (Å²) in [6, 6.07) is 9.11. The van der Waals surface area contributed by atoms with Crippen molar-refractivity contribution in [2.45, 2.75) is 45.2 Å². The van der Waals surface area contributed by atoms with Crippen LogP contribution in [0.2, 0.25) is 0 Å². The Bertz CT molecular complexity index is 789. The van der Waals surface area contributed by atoms with Gasteiger partial charge in [0.15, 0.2) is 0 Å². The molecule has 1 aromatic carbocycles. The third-order valence-electron chi connectivity index (χ3n) is 6.02. The molecule has 2 fully saturated rings. The Morgan fingerprint density at radius 2 is 1.93 bits per heavy atom. The van der Waals surface area contributed by atoms with Gasteiger partial charge in [0.2, 0.25) is 11.8 Å². The molecule has 1 aromatic rings. The maximum atomic E-state index is 13.1. The van der Waals surface area contributed by atoms with Gasteiger partial charge in [0.25, 0.3) is 0 Å². The van der Waals surface area contributed by atoms with Crippen LogP contribution >= 0.6 is 0 Å². The van der Waals surface area contributed by atoms with E-state index in [9.17, 15) is 19.5 Å². The van der Waals surface area contributed by atoms with E-state index >= 15 is 0 Å². The van der Waals surface area contributed by atoms with E-state index < -0.39 is 29.4 Å². The molecule has 2 aliphatic heterocycles. The van der Waals surface area contributed by atoms with Crippen LogP contribution in [0.15, 0.2) is 36.4 Å². The molecule has 4 unspecified atom stereocenters. The van der Waals surface area contributed by atoms with Crippen molar-refractivity contribution in [1.82, 2.24) is 10.2 Å². The van der Waals surface area contributed by atoms with Crippen LogP contribution in [0.3, 0.4) is 0 Å². The summed E-state index contributed by atoms with van der Waals surface area (Å²) in [5.74, 6) is -3.63. The predicted octanol–water partition coefficient (Wildman–Crippen LogP) is 2.55. The van der Waals surface area contributed by atoms with E-state index in [1.165, 1.54) is 4.90 Å². The fourth-order valence-corrected chi connectivity index (χ4v) is 4.50. The third-order valence-corrected chi connectivity index (χ3v) is 6.02. The number of nitrogens with zero attached hydrogens (tertiary/aromatic N) is 1. The fourth-order valence-electron chi connectivity index (χ4n) is 4.50. The van der Waals surface area contributed by atoms with Gasteiger partial charge < -0.3 is 5.11 Å². The highest BCUT2D eigenvalue weighted by molar-refractivity contribution is 6.09. The molecule has 0 saturated carbocycles. The van der Waals surface area contributed by atoms with Crippen LogP contribution in [0.5, 0.6) is 0 Å². The first-order valence-corrected chi connectivity index (χ1v) is 9.94. The van der Waals surface area contributed by atoms with Crippen molar-refractivity contribution in [2.24, 2.45) is 17.8 Å². The zero-order chi connectivity index (χ0) is 20.5. The van der Waals surface area contributed by atoms with E-state index in [-0.39, 0.29) is 17.7 Å². The van der Waals surface area contributed by atoms with E-state index in [2.05, 4.69) is 5.32 Å². The molecule has 0 aliphatic carbocycles. The number of carbonyl (C=O) groups excluding carboxylic acids is 2. The molecule has 0 aromatic heterocycles. The van der Waals surface area contributed by atoms with Crippen LogP contribution in [-0.2, 0) is 14.4 Å². The van der Waals surface area contributed by atoms with Crippen LogP contribution in [0, 0.1) is 17.8 Å². The predicted molar refractivity (Wildman–Crippen MR) is 106 cm³/mol. The highest BCUT2D eigenvalue weighted by Crippen LogP contribution is 2.46. The quantitative estimate of drug-likeness (QED) is 0.706. The molecular weight excluding hydrogens is 356 g/mol. The average Bonchev–Trinajstić information content (AvgIpc) is 3.14. The van der Waals surface area contributed by atoms with E-state index in [4.69, 9.17) is 0 Å². The lowest BCUT2D eigenvalue weighted by Gasteiger charge is -2.34. The molecule has 4 atom stereocenters. The number of fused-ring (bicyclic) bond motifs is 1. The molecule has 0 radical (unpaired) electrons. The second kappa shape index (κ2) is 7.87. The van der Waals surface area contributed by atoms with Gasteiger partial charge in [0.05, 0.1) is 11.8 Å². The Hall–Kier alpha value is -2.47. The van der Waals surface area contributed by atoms with Gasteiger partial charge >= 0.3 is 5.97 Å². The van der Waals surface area contributed by atoms with Crippen molar-refractivity contribution >= 4 is 23.9 Å². The topological polar surface area (TPSA) is 86.7 Å². The molecule has 150 valence electrons. The van der Waals surface area contributed by atoms with Gasteiger partial charge in [-0.1, -0.05) is 69.7 Å². The Morgan fingerprint density at radius 3 is 2.50 bits per heavy atom. The number of hydrogen-bond acceptors (Lipinski definition) is 4. The van der Waals surface area contributed by atoms with Gasteiger partial charge in [-0.05, 0) is 17.9 Å². The minimum atomic E-state index is -1.45. The van der Waals surface area contributed by atoms with Crippen molar-refractivity contribution in [3.8, 4) is 0 Å². The van der Waals surface area contributed by atoms with Crippen LogP contribution in [0.25, 0.3) is 6.08 Å². The Labute approximate surface area is 165 Å². The van der Waals surface area contributed by atoms with Crippen molar-refractivity contribution in [3.05, 3.63) is 42.0 Å². The van der Waals surface area contributed by atoms with Crippen LogP contribution in [-0.4, -0.2) is 45.9 Å². The van der Waals surface area contributed by atoms with Gasteiger partial charge in [-0.15, -0.1) is 0 Å². The number of carboxylic acids is 1. The second-order valence-corrected chi connectivity index (χ2v) is 7.95. The normalized spacial score (nSPS) is 29.9. The lowest BCUT2D eigenvalue weighted by molar-refractivity contribution is -0.153. The molecule has 3 rings (SSSR count). The van der Waals surface area contributed by atoms with E-state index in [1.807, 2.05) is 49.4 Å². The monoisotopic (exact) mass is 384 g/mol. The number of hydrogen-bond donors (Lipinski definition) is 2. The lowest BCUT2D eigenvalue weighted by atomic mass is 9.73. The first-order valence-electron chi connectivity index (χ1n) is 9.94. The smallest absolute Gasteiger partial charge is 0.325 e. The summed E-state index contributed by atoms with van der Waals surface area (Å²) in [5.41, 5.74) is -0.498. The number of rotatable bonds is 7. The highest BCUT2D eigenvalue weighted by Gasteiger charge is 2.68. The highest BCUT2D eigenvalue weighted by atomic mass is 16.4. The van der Waals surface area contributed by atoms with Gasteiger partial charge in [-0.25, -0.2) is 0 Å². The molecule has 2 amide bonds. The number of nitrogens with one attached hydrogen (secondary N) is 1. The van der Waals surface area contributed by atoms with Gasteiger partial charge in [-0.3, -0.25) is 24.6 Å². The number of amides is 2. The van der Waals surface area contributed by atoms with Gasteiger partial charge in [-0.2, -0.15) is 0 Å². The van der Waals surface area contributed by atoms with Gasteiger partial charge in [0.1, 0.15) is 5.54 Å². The number of benzene rings is 1. The van der Waals surface area contributed by atoms with Crippen molar-refractivity contribution in [2.75, 3.05) is 6.54 Å². The molecule has 2 heterocycles. The molecule has 28 heavy (non-hydrogen) atoms. The molecular formula is C22H28N2O4. The summed E-state index contributed by atoms with van der Waals surface area (Å²) in [7, 11) is 0. The zero-order valence-electron chi connectivity index (χ0n) is 16.6. The number of carbonyl (C=O) groups is 3. The molecule has 6 nitrogen and oxygen atoms in total. The lowest BCUT2D eigenvalue weighted by Crippen LogP contribution is -2.60. The number of imide groups is 1. The maximum absolute atomic E-state index is 13.1. The third kappa shape index (κ3) is 3.15. The summed E-state index contributed by atoms with van der Waals surface area (Å²) in [6.07, 6.45) is 5.28. The van der Waals surface area contributed by atoms with Crippen molar-refractivity contribution < 1.29 is 19.5 Å². The Kier molecular flexibility index (Phi) is 5.70. The standard InChI is InChI=1S/C22H28N2O4/c1-4-5-13-24-19(25)17-16(12-11-15-9-7-6-8-10-15)23-22(14(2)3,21(27)28)18(17)20(24)26/h6-12,14,16-18,23H,4-5,13H2,1-3H3,(H,27,28). The number of aliphatic carboxylic acids is 1. The van der Waals surface area contributed by atoms with Crippen LogP contribution in [0.4, 0.5) is 0 Å². The molecule has 6 heteroatoms. The maximum Gasteiger partial charge on any atom is 0.325 e. The van der Waals surface area contributed by atoms with E-state index in [0.717, 1.165) is 18.4 Å². The van der Waals surface area contributed by atoms with Gasteiger partial charge in [0, 0.05) is 12.6 Å². The van der Waals surface area contributed by atoms with E-state index in [0.29, 0.717) is 6.54 Å². The summed E-state index contributed by atoms with van der Waals surface area (Å²) in [4.78, 5) is 39.8. The minimum absolute atomic E-state index is 0.262. The number of carboxylic acid groups (broad SMARTS) is 1. The SMILES string of the molecule is CCCCN1C(=O)C2C(C=Cc3ccccc3)NC(C(=O)O)(C(C)C)C2C1=O. The summed E-state index contributed by atoms with van der Waals surface area (Å²) >= 11 is 0. The first-order chi connectivity index (χ1) is 13.3. The van der Waals surface area contributed by atoms with Crippen molar-refractivity contribution in [1.29, 1.82) is 0 Å². The fraction of sp³-hybridized carbons (Fsp3) is 0.500. The number of unbranched alkanes of at least 4 members (excludes halogenated alkanes) is 1. The molecule has 2 saturated heterocycles. The van der Waals surface area contributed by atoms with Crippen LogP contribution in [0.1, 0.15) is 39.2 Å². The Morgan fingerprint density at radius 1 is 1.25 bits per heavy atom. The first kappa shape index (κ1) is 20.3. The molecule has 2 N–H and O–H groups in total. The molecule has 0 bridgehead atoms. The summed E-state index contributed by atoms with van der Waals surface area (Å²) < 4.78 is 0. The van der Waals surface area contributed by atoms with E-state index in [1.54, 1.807) is 13.8 Å². The summed E-state index contributed by atoms with van der Waals surface area (Å²) in [6.45, 7) is 5.92. The minimum Gasteiger partial charge on any atom is -0.480 e. The summed E-state index contributed by atoms with van der Waals surface area (Å²) in [5, 5.41) is 13.2. The Balaban J connectivity index is 2.01. The average molecular weight is 384 g/mol. The van der Waals surface area contributed by atoms with Crippen LogP contribution < -0.4 is 5.32 Å². The molecule has 2 aliphatic rings. The number of likely N-dealkylation sites (tertiary alicyclic amines) is 1. The largest absolute Gasteiger partial charge is 0.480 e.